The fraction of sp³-hybridized carbons (Fsp3) is 0.417. The van der Waals surface area contributed by atoms with Crippen molar-refractivity contribution >= 4 is 11.8 Å². The van der Waals surface area contributed by atoms with Gasteiger partial charge in [0, 0.05) is 12.2 Å². The van der Waals surface area contributed by atoms with Crippen LogP contribution in [0.1, 0.15) is 24.6 Å². The van der Waals surface area contributed by atoms with E-state index in [1.165, 1.54) is 0 Å². The summed E-state index contributed by atoms with van der Waals surface area (Å²) >= 11 is 0. The van der Waals surface area contributed by atoms with Crippen molar-refractivity contribution in [2.45, 2.75) is 20.3 Å². The topological polar surface area (TPSA) is 77.2 Å². The third-order valence-corrected chi connectivity index (χ3v) is 2.21. The molecular formula is C12H15N3O2. The number of pyridine rings is 1. The van der Waals surface area contributed by atoms with Crippen LogP contribution < -0.4 is 4.90 Å². The Bertz CT molecular complexity index is 452. The van der Waals surface area contributed by atoms with Gasteiger partial charge >= 0.3 is 5.97 Å². The van der Waals surface area contributed by atoms with Gasteiger partial charge in [0.25, 0.3) is 0 Å². The van der Waals surface area contributed by atoms with E-state index in [9.17, 15) is 4.79 Å². The first kappa shape index (κ1) is 13.0. The van der Waals surface area contributed by atoms with Gasteiger partial charge in [-0.3, -0.25) is 4.79 Å². The molecule has 1 aromatic rings. The number of aliphatic carboxylic acids is 1. The van der Waals surface area contributed by atoms with Gasteiger partial charge < -0.3 is 10.0 Å². The Morgan fingerprint density at radius 1 is 1.59 bits per heavy atom. The normalized spacial score (nSPS) is 9.71. The van der Waals surface area contributed by atoms with E-state index in [0.29, 0.717) is 23.6 Å². The summed E-state index contributed by atoms with van der Waals surface area (Å²) in [4.78, 5) is 16.7. The molecule has 1 heterocycles. The number of anilines is 1. The van der Waals surface area contributed by atoms with E-state index >= 15 is 0 Å². The van der Waals surface area contributed by atoms with Gasteiger partial charge in [-0.1, -0.05) is 6.92 Å². The molecule has 1 N–H and O–H groups in total. The Labute approximate surface area is 100 Å². The van der Waals surface area contributed by atoms with Crippen molar-refractivity contribution in [2.75, 3.05) is 18.0 Å². The lowest BCUT2D eigenvalue weighted by atomic mass is 10.2. The van der Waals surface area contributed by atoms with Crippen molar-refractivity contribution in [1.82, 2.24) is 4.98 Å². The van der Waals surface area contributed by atoms with Crippen molar-refractivity contribution in [3.8, 4) is 6.07 Å². The SMILES string of the molecule is CCCN(CC(=O)O)c1cc(C#N)cc(C)n1. The predicted molar refractivity (Wildman–Crippen MR) is 63.8 cm³/mol. The molecule has 0 unspecified atom stereocenters. The monoisotopic (exact) mass is 233 g/mol. The highest BCUT2D eigenvalue weighted by Crippen LogP contribution is 2.14. The Morgan fingerprint density at radius 3 is 2.82 bits per heavy atom. The Balaban J connectivity index is 3.04. The number of rotatable bonds is 5. The van der Waals surface area contributed by atoms with Gasteiger partial charge in [0.05, 0.1) is 11.6 Å². The molecule has 0 bridgehead atoms. The van der Waals surface area contributed by atoms with Crippen LogP contribution in [0, 0.1) is 18.3 Å². The van der Waals surface area contributed by atoms with Crippen LogP contribution in [0.25, 0.3) is 0 Å². The lowest BCUT2D eigenvalue weighted by molar-refractivity contribution is -0.135. The quantitative estimate of drug-likeness (QED) is 0.835. The maximum Gasteiger partial charge on any atom is 0.323 e. The lowest BCUT2D eigenvalue weighted by Gasteiger charge is -2.21. The third kappa shape index (κ3) is 3.76. The second-order valence-electron chi connectivity index (χ2n) is 3.78. The van der Waals surface area contributed by atoms with Crippen LogP contribution in [-0.2, 0) is 4.79 Å². The van der Waals surface area contributed by atoms with E-state index < -0.39 is 5.97 Å². The highest BCUT2D eigenvalue weighted by atomic mass is 16.4. The first-order valence-corrected chi connectivity index (χ1v) is 5.42. The van der Waals surface area contributed by atoms with Crippen LogP contribution in [0.15, 0.2) is 12.1 Å². The number of carboxylic acid groups (broad SMARTS) is 1. The standard InChI is InChI=1S/C12H15N3O2/c1-3-4-15(8-12(16)17)11-6-10(7-13)5-9(2)14-11/h5-6H,3-4,8H2,1-2H3,(H,16,17). The summed E-state index contributed by atoms with van der Waals surface area (Å²) < 4.78 is 0. The van der Waals surface area contributed by atoms with Gasteiger partial charge in [0.1, 0.15) is 12.4 Å². The average Bonchev–Trinajstić information content (AvgIpc) is 2.27. The van der Waals surface area contributed by atoms with Crippen LogP contribution in [-0.4, -0.2) is 29.1 Å². The predicted octanol–water partition coefficient (Wildman–Crippen LogP) is 1.56. The van der Waals surface area contributed by atoms with E-state index in [1.807, 2.05) is 13.0 Å². The number of hydrogen-bond donors (Lipinski definition) is 1. The first-order chi connectivity index (χ1) is 8.06. The van der Waals surface area contributed by atoms with E-state index in [4.69, 9.17) is 10.4 Å². The largest absolute Gasteiger partial charge is 0.480 e. The van der Waals surface area contributed by atoms with Gasteiger partial charge in [-0.25, -0.2) is 4.98 Å². The third-order valence-electron chi connectivity index (χ3n) is 2.21. The summed E-state index contributed by atoms with van der Waals surface area (Å²) in [5.74, 6) is -0.355. The minimum Gasteiger partial charge on any atom is -0.480 e. The zero-order valence-corrected chi connectivity index (χ0v) is 9.97. The van der Waals surface area contributed by atoms with Crippen LogP contribution in [0.3, 0.4) is 0 Å². The van der Waals surface area contributed by atoms with Crippen LogP contribution in [0.2, 0.25) is 0 Å². The highest BCUT2D eigenvalue weighted by Gasteiger charge is 2.12. The molecule has 90 valence electrons. The second-order valence-corrected chi connectivity index (χ2v) is 3.78. The number of hydrogen-bond acceptors (Lipinski definition) is 4. The van der Waals surface area contributed by atoms with E-state index in [2.05, 4.69) is 4.98 Å². The van der Waals surface area contributed by atoms with Crippen molar-refractivity contribution in [1.29, 1.82) is 5.26 Å². The molecule has 0 spiro atoms. The fourth-order valence-electron chi connectivity index (χ4n) is 1.59. The molecule has 0 aliphatic rings. The molecule has 0 radical (unpaired) electrons. The molecule has 0 atom stereocenters. The van der Waals surface area contributed by atoms with Crippen molar-refractivity contribution in [3.63, 3.8) is 0 Å². The molecule has 5 heteroatoms. The first-order valence-electron chi connectivity index (χ1n) is 5.42. The van der Waals surface area contributed by atoms with Gasteiger partial charge in [-0.05, 0) is 25.5 Å². The molecular weight excluding hydrogens is 218 g/mol. The van der Waals surface area contributed by atoms with Gasteiger partial charge in [-0.2, -0.15) is 5.26 Å². The number of carbonyl (C=O) groups is 1. The molecule has 0 fully saturated rings. The molecule has 0 aliphatic heterocycles. The number of carboxylic acids is 1. The van der Waals surface area contributed by atoms with Crippen LogP contribution in [0.5, 0.6) is 0 Å². The molecule has 0 amide bonds. The summed E-state index contributed by atoms with van der Waals surface area (Å²) in [7, 11) is 0. The Kier molecular flexibility index (Phi) is 4.46. The lowest BCUT2D eigenvalue weighted by Crippen LogP contribution is -2.31. The molecule has 0 aliphatic carbocycles. The zero-order chi connectivity index (χ0) is 12.8. The van der Waals surface area contributed by atoms with Crippen molar-refractivity contribution in [3.05, 3.63) is 23.4 Å². The molecule has 5 nitrogen and oxygen atoms in total. The van der Waals surface area contributed by atoms with Gasteiger partial charge in [-0.15, -0.1) is 0 Å². The summed E-state index contributed by atoms with van der Waals surface area (Å²) in [6.07, 6.45) is 0.824. The van der Waals surface area contributed by atoms with Gasteiger partial charge in [0.15, 0.2) is 0 Å². The van der Waals surface area contributed by atoms with Gasteiger partial charge in [0.2, 0.25) is 0 Å². The smallest absolute Gasteiger partial charge is 0.323 e. The number of aromatic nitrogens is 1. The molecule has 0 saturated carbocycles. The van der Waals surface area contributed by atoms with E-state index in [-0.39, 0.29) is 6.54 Å². The number of nitrogens with zero attached hydrogens (tertiary/aromatic N) is 3. The van der Waals surface area contributed by atoms with Crippen molar-refractivity contribution < 1.29 is 9.90 Å². The molecule has 17 heavy (non-hydrogen) atoms. The molecule has 0 saturated heterocycles. The number of nitriles is 1. The maximum absolute atomic E-state index is 10.8. The average molecular weight is 233 g/mol. The highest BCUT2D eigenvalue weighted by molar-refractivity contribution is 5.73. The maximum atomic E-state index is 10.8. The summed E-state index contributed by atoms with van der Waals surface area (Å²) in [6.45, 7) is 4.26. The summed E-state index contributed by atoms with van der Waals surface area (Å²) in [6, 6.07) is 5.34. The second kappa shape index (κ2) is 5.85. The van der Waals surface area contributed by atoms with E-state index in [1.54, 1.807) is 24.0 Å². The Hall–Kier alpha value is -2.09. The van der Waals surface area contributed by atoms with E-state index in [0.717, 1.165) is 6.42 Å². The van der Waals surface area contributed by atoms with Crippen molar-refractivity contribution in [2.24, 2.45) is 0 Å². The minimum absolute atomic E-state index is 0.102. The number of aryl methyl sites for hydroxylation is 1. The van der Waals surface area contributed by atoms with Crippen LogP contribution in [0.4, 0.5) is 5.82 Å². The zero-order valence-electron chi connectivity index (χ0n) is 9.97. The minimum atomic E-state index is -0.903. The Morgan fingerprint density at radius 2 is 2.29 bits per heavy atom. The molecule has 0 aromatic carbocycles. The van der Waals surface area contributed by atoms with Crippen LogP contribution >= 0.6 is 0 Å². The molecule has 1 rings (SSSR count). The summed E-state index contributed by atoms with van der Waals surface area (Å²) in [5, 5.41) is 17.7. The fourth-order valence-corrected chi connectivity index (χ4v) is 1.59. The molecule has 1 aromatic heterocycles. The summed E-state index contributed by atoms with van der Waals surface area (Å²) in [5.41, 5.74) is 1.21.